The lowest BCUT2D eigenvalue weighted by Crippen LogP contribution is -2.50. The van der Waals surface area contributed by atoms with Gasteiger partial charge in [0.2, 0.25) is 11.8 Å². The van der Waals surface area contributed by atoms with E-state index in [1.165, 1.54) is 0 Å². The fraction of sp³-hybridized carbons (Fsp3) is 0.212. The van der Waals surface area contributed by atoms with Gasteiger partial charge >= 0.3 is 0 Å². The van der Waals surface area contributed by atoms with Crippen molar-refractivity contribution in [3.05, 3.63) is 143 Å². The van der Waals surface area contributed by atoms with Crippen molar-refractivity contribution in [2.24, 2.45) is 0 Å². The molecule has 0 spiro atoms. The van der Waals surface area contributed by atoms with Crippen LogP contribution in [-0.4, -0.2) is 29.8 Å². The number of rotatable bonds is 10. The van der Waals surface area contributed by atoms with Crippen LogP contribution in [0.5, 0.6) is 0 Å². The molecule has 0 aliphatic carbocycles. The van der Waals surface area contributed by atoms with Crippen molar-refractivity contribution in [3.8, 4) is 0 Å². The van der Waals surface area contributed by atoms with E-state index in [2.05, 4.69) is 35.6 Å². The standard InChI is InChI=1S/C33H34N2O2/c1-25-13-12-16-27(21-25)24-35(31(33(37)34-2)22-26-14-6-3-7-15-26)32(36)23-30(28-17-8-4-9-18-28)29-19-10-5-11-20-29/h3-21,30-31H,22-24H2,1-2H3,(H,34,37)/t31-/m1/s1. The number of benzene rings is 4. The highest BCUT2D eigenvalue weighted by molar-refractivity contribution is 5.88. The number of nitrogens with one attached hydrogen (secondary N) is 1. The summed E-state index contributed by atoms with van der Waals surface area (Å²) in [4.78, 5) is 29.2. The highest BCUT2D eigenvalue weighted by Gasteiger charge is 2.31. The van der Waals surface area contributed by atoms with E-state index in [0.717, 1.165) is 27.8 Å². The molecule has 4 rings (SSSR count). The Morgan fingerprint density at radius 1 is 0.730 bits per heavy atom. The smallest absolute Gasteiger partial charge is 0.242 e. The highest BCUT2D eigenvalue weighted by atomic mass is 16.2. The molecule has 0 aliphatic heterocycles. The van der Waals surface area contributed by atoms with Crippen molar-refractivity contribution in [1.29, 1.82) is 0 Å². The average molecular weight is 491 g/mol. The van der Waals surface area contributed by atoms with E-state index in [1.54, 1.807) is 11.9 Å². The fourth-order valence-corrected chi connectivity index (χ4v) is 4.82. The molecular weight excluding hydrogens is 456 g/mol. The normalized spacial score (nSPS) is 11.6. The molecule has 4 nitrogen and oxygen atoms in total. The molecule has 0 radical (unpaired) electrons. The SMILES string of the molecule is CNC(=O)[C@@H](Cc1ccccc1)N(Cc1cccc(C)c1)C(=O)CC(c1ccccc1)c1ccccc1. The van der Waals surface area contributed by atoms with E-state index in [-0.39, 0.29) is 24.2 Å². The van der Waals surface area contributed by atoms with Crippen molar-refractivity contribution in [3.63, 3.8) is 0 Å². The Labute approximate surface area is 220 Å². The summed E-state index contributed by atoms with van der Waals surface area (Å²) in [5, 5.41) is 2.80. The van der Waals surface area contributed by atoms with Gasteiger partial charge in [0.05, 0.1) is 0 Å². The monoisotopic (exact) mass is 490 g/mol. The fourth-order valence-electron chi connectivity index (χ4n) is 4.82. The molecule has 0 saturated carbocycles. The Morgan fingerprint density at radius 2 is 1.27 bits per heavy atom. The lowest BCUT2D eigenvalue weighted by atomic mass is 9.87. The topological polar surface area (TPSA) is 49.4 Å². The van der Waals surface area contributed by atoms with Crippen LogP contribution in [0.25, 0.3) is 0 Å². The maximum atomic E-state index is 14.2. The minimum atomic E-state index is -0.632. The first-order chi connectivity index (χ1) is 18.0. The number of aryl methyl sites for hydroxylation is 1. The van der Waals surface area contributed by atoms with E-state index in [1.807, 2.05) is 91.9 Å². The Hall–Kier alpha value is -4.18. The third-order valence-corrected chi connectivity index (χ3v) is 6.74. The average Bonchev–Trinajstić information content (AvgIpc) is 2.94. The van der Waals surface area contributed by atoms with Crippen LogP contribution in [0.4, 0.5) is 0 Å². The predicted octanol–water partition coefficient (Wildman–Crippen LogP) is 5.90. The quantitative estimate of drug-likeness (QED) is 0.301. The Kier molecular flexibility index (Phi) is 8.88. The molecule has 0 bridgehead atoms. The summed E-state index contributed by atoms with van der Waals surface area (Å²) in [5.74, 6) is -0.332. The van der Waals surface area contributed by atoms with Gasteiger partial charge in [0, 0.05) is 32.4 Å². The minimum Gasteiger partial charge on any atom is -0.357 e. The largest absolute Gasteiger partial charge is 0.357 e. The second kappa shape index (κ2) is 12.7. The maximum Gasteiger partial charge on any atom is 0.242 e. The van der Waals surface area contributed by atoms with Gasteiger partial charge in [0.25, 0.3) is 0 Å². The number of amides is 2. The van der Waals surface area contributed by atoms with E-state index >= 15 is 0 Å². The van der Waals surface area contributed by atoms with Gasteiger partial charge in [-0.1, -0.05) is 121 Å². The van der Waals surface area contributed by atoms with Crippen molar-refractivity contribution in [2.75, 3.05) is 7.05 Å². The van der Waals surface area contributed by atoms with Crippen LogP contribution in [0.1, 0.15) is 40.2 Å². The zero-order chi connectivity index (χ0) is 26.0. The zero-order valence-corrected chi connectivity index (χ0v) is 21.5. The molecule has 2 amide bonds. The van der Waals surface area contributed by atoms with E-state index < -0.39 is 6.04 Å². The van der Waals surface area contributed by atoms with Crippen LogP contribution in [0.15, 0.2) is 115 Å². The zero-order valence-electron chi connectivity index (χ0n) is 21.5. The highest BCUT2D eigenvalue weighted by Crippen LogP contribution is 2.30. The minimum absolute atomic E-state index is 0.0521. The summed E-state index contributed by atoms with van der Waals surface area (Å²) in [6.45, 7) is 2.40. The number of nitrogens with zero attached hydrogens (tertiary/aromatic N) is 1. The van der Waals surface area contributed by atoms with Crippen LogP contribution in [-0.2, 0) is 22.6 Å². The summed E-state index contributed by atoms with van der Waals surface area (Å²) in [6.07, 6.45) is 0.710. The molecule has 4 aromatic carbocycles. The van der Waals surface area contributed by atoms with Crippen molar-refractivity contribution in [1.82, 2.24) is 10.2 Å². The van der Waals surface area contributed by atoms with Gasteiger partial charge in [-0.2, -0.15) is 0 Å². The summed E-state index contributed by atoms with van der Waals surface area (Å²) in [7, 11) is 1.63. The van der Waals surface area contributed by atoms with Gasteiger partial charge in [-0.05, 0) is 29.2 Å². The Morgan fingerprint density at radius 3 is 1.81 bits per heavy atom. The van der Waals surface area contributed by atoms with Crippen LogP contribution in [0, 0.1) is 6.92 Å². The molecule has 0 heterocycles. The number of carbonyl (C=O) groups is 2. The Balaban J connectivity index is 1.71. The van der Waals surface area contributed by atoms with Crippen molar-refractivity contribution >= 4 is 11.8 Å². The number of hydrogen-bond acceptors (Lipinski definition) is 2. The van der Waals surface area contributed by atoms with Crippen LogP contribution >= 0.6 is 0 Å². The molecular formula is C33H34N2O2. The maximum absolute atomic E-state index is 14.2. The van der Waals surface area contributed by atoms with Crippen molar-refractivity contribution < 1.29 is 9.59 Å². The molecule has 1 N–H and O–H groups in total. The second-order valence-electron chi connectivity index (χ2n) is 9.41. The molecule has 0 saturated heterocycles. The van der Waals surface area contributed by atoms with Gasteiger partial charge in [-0.25, -0.2) is 0 Å². The van der Waals surface area contributed by atoms with Crippen molar-refractivity contribution in [2.45, 2.75) is 38.3 Å². The molecule has 37 heavy (non-hydrogen) atoms. The second-order valence-corrected chi connectivity index (χ2v) is 9.41. The third-order valence-electron chi connectivity index (χ3n) is 6.74. The first-order valence-electron chi connectivity index (χ1n) is 12.8. The summed E-state index contributed by atoms with van der Waals surface area (Å²) in [6, 6.07) is 37.6. The lowest BCUT2D eigenvalue weighted by Gasteiger charge is -2.32. The first-order valence-corrected chi connectivity index (χ1v) is 12.8. The molecule has 0 aromatic heterocycles. The molecule has 0 aliphatic rings. The summed E-state index contributed by atoms with van der Waals surface area (Å²) >= 11 is 0. The molecule has 0 unspecified atom stereocenters. The third kappa shape index (κ3) is 6.95. The predicted molar refractivity (Wildman–Crippen MR) is 149 cm³/mol. The summed E-state index contributed by atoms with van der Waals surface area (Å²) in [5.41, 5.74) is 5.30. The van der Waals surface area contributed by atoms with Gasteiger partial charge in [0.1, 0.15) is 6.04 Å². The van der Waals surface area contributed by atoms with Gasteiger partial charge in [-0.3, -0.25) is 9.59 Å². The van der Waals surface area contributed by atoms with Gasteiger partial charge in [-0.15, -0.1) is 0 Å². The molecule has 4 heteroatoms. The molecule has 188 valence electrons. The Bertz CT molecular complexity index is 1250. The van der Waals surface area contributed by atoms with E-state index in [9.17, 15) is 9.59 Å². The number of likely N-dealkylation sites (N-methyl/N-ethyl adjacent to an activating group) is 1. The van der Waals surface area contributed by atoms with E-state index in [0.29, 0.717) is 13.0 Å². The summed E-state index contributed by atoms with van der Waals surface area (Å²) < 4.78 is 0. The van der Waals surface area contributed by atoms with Crippen LogP contribution in [0.3, 0.4) is 0 Å². The van der Waals surface area contributed by atoms with Gasteiger partial charge in [0.15, 0.2) is 0 Å². The number of hydrogen-bond donors (Lipinski definition) is 1. The number of carbonyl (C=O) groups excluding carboxylic acids is 2. The molecule has 0 fully saturated rings. The van der Waals surface area contributed by atoms with Gasteiger partial charge < -0.3 is 10.2 Å². The van der Waals surface area contributed by atoms with Crippen LogP contribution in [0.2, 0.25) is 0 Å². The molecule has 1 atom stereocenters. The molecule has 4 aromatic rings. The lowest BCUT2D eigenvalue weighted by molar-refractivity contribution is -0.141. The van der Waals surface area contributed by atoms with E-state index in [4.69, 9.17) is 0 Å². The first kappa shape index (κ1) is 25.9. The van der Waals surface area contributed by atoms with Crippen LogP contribution < -0.4 is 5.32 Å².